The minimum atomic E-state index is -0.419. The lowest BCUT2D eigenvalue weighted by molar-refractivity contribution is -0.144. The number of rotatable bonds is 3. The van der Waals surface area contributed by atoms with Gasteiger partial charge in [-0.05, 0) is 6.08 Å². The van der Waals surface area contributed by atoms with Gasteiger partial charge in [-0.15, -0.1) is 0 Å². The zero-order valence-corrected chi connectivity index (χ0v) is 7.08. The zero-order valence-electron chi connectivity index (χ0n) is 7.08. The van der Waals surface area contributed by atoms with Crippen LogP contribution in [0.2, 0.25) is 0 Å². The molecule has 0 aliphatic carbocycles. The molecule has 1 unspecified atom stereocenters. The predicted molar refractivity (Wildman–Crippen MR) is 43.2 cm³/mol. The van der Waals surface area contributed by atoms with E-state index in [0.29, 0.717) is 12.4 Å². The second kappa shape index (κ2) is 4.11. The quantitative estimate of drug-likeness (QED) is 0.609. The number of carbonyl (C=O) groups is 1. The van der Waals surface area contributed by atoms with Crippen molar-refractivity contribution in [3.8, 4) is 0 Å². The molecule has 12 heavy (non-hydrogen) atoms. The normalized spacial score (nSPS) is 18.0. The number of methoxy groups -OCH3 is 1. The SMILES string of the molecule is COC(=O)C(CN)C1=CCCO1. The van der Waals surface area contributed by atoms with Crippen molar-refractivity contribution in [2.45, 2.75) is 6.42 Å². The molecule has 0 fully saturated rings. The first-order chi connectivity index (χ1) is 5.79. The van der Waals surface area contributed by atoms with Gasteiger partial charge in [-0.25, -0.2) is 0 Å². The molecule has 68 valence electrons. The highest BCUT2D eigenvalue weighted by molar-refractivity contribution is 5.75. The average molecular weight is 171 g/mol. The summed E-state index contributed by atoms with van der Waals surface area (Å²) in [6.45, 7) is 0.876. The Morgan fingerprint density at radius 1 is 1.92 bits per heavy atom. The van der Waals surface area contributed by atoms with Crippen LogP contribution in [-0.2, 0) is 14.3 Å². The fourth-order valence-corrected chi connectivity index (χ4v) is 1.15. The minimum Gasteiger partial charge on any atom is -0.497 e. The number of carbonyl (C=O) groups excluding carboxylic acids is 1. The first-order valence-electron chi connectivity index (χ1n) is 3.90. The molecule has 0 amide bonds. The molecule has 0 saturated carbocycles. The maximum Gasteiger partial charge on any atom is 0.317 e. The minimum absolute atomic E-state index is 0.235. The zero-order chi connectivity index (χ0) is 8.97. The lowest BCUT2D eigenvalue weighted by Crippen LogP contribution is -2.26. The van der Waals surface area contributed by atoms with E-state index in [1.54, 1.807) is 0 Å². The van der Waals surface area contributed by atoms with Crippen molar-refractivity contribution in [2.75, 3.05) is 20.3 Å². The molecule has 0 saturated heterocycles. The summed E-state index contributed by atoms with van der Waals surface area (Å²) in [5, 5.41) is 0. The van der Waals surface area contributed by atoms with Gasteiger partial charge in [0, 0.05) is 13.0 Å². The Hall–Kier alpha value is -1.03. The van der Waals surface area contributed by atoms with Gasteiger partial charge in [0.25, 0.3) is 0 Å². The molecule has 0 aromatic heterocycles. The summed E-state index contributed by atoms with van der Waals surface area (Å²) >= 11 is 0. The smallest absolute Gasteiger partial charge is 0.317 e. The van der Waals surface area contributed by atoms with E-state index in [0.717, 1.165) is 6.42 Å². The summed E-state index contributed by atoms with van der Waals surface area (Å²) in [6, 6.07) is 0. The first kappa shape index (κ1) is 9.06. The van der Waals surface area contributed by atoms with Gasteiger partial charge in [0.05, 0.1) is 13.7 Å². The van der Waals surface area contributed by atoms with Crippen LogP contribution in [0.3, 0.4) is 0 Å². The molecule has 0 spiro atoms. The Kier molecular flexibility index (Phi) is 3.10. The molecular formula is C8H13NO3. The molecule has 2 N–H and O–H groups in total. The number of esters is 1. The molecule has 4 heteroatoms. The van der Waals surface area contributed by atoms with Gasteiger partial charge in [-0.1, -0.05) is 0 Å². The lowest BCUT2D eigenvalue weighted by Gasteiger charge is -2.12. The van der Waals surface area contributed by atoms with Crippen molar-refractivity contribution in [1.29, 1.82) is 0 Å². The topological polar surface area (TPSA) is 61.5 Å². The second-order valence-corrected chi connectivity index (χ2v) is 2.56. The van der Waals surface area contributed by atoms with E-state index in [2.05, 4.69) is 4.74 Å². The van der Waals surface area contributed by atoms with E-state index in [4.69, 9.17) is 10.5 Å². The largest absolute Gasteiger partial charge is 0.497 e. The summed E-state index contributed by atoms with van der Waals surface area (Å²) in [4.78, 5) is 11.1. The van der Waals surface area contributed by atoms with Crippen LogP contribution in [0.4, 0.5) is 0 Å². The van der Waals surface area contributed by atoms with Gasteiger partial charge in [-0.3, -0.25) is 4.79 Å². The molecule has 0 radical (unpaired) electrons. The van der Waals surface area contributed by atoms with Crippen LogP contribution in [0.5, 0.6) is 0 Å². The molecule has 4 nitrogen and oxygen atoms in total. The number of hydrogen-bond donors (Lipinski definition) is 1. The van der Waals surface area contributed by atoms with E-state index >= 15 is 0 Å². The average Bonchev–Trinajstić information content (AvgIpc) is 2.58. The molecule has 1 heterocycles. The predicted octanol–water partition coefficient (Wildman–Crippen LogP) is 0.0385. The van der Waals surface area contributed by atoms with Crippen LogP contribution in [0, 0.1) is 5.92 Å². The van der Waals surface area contributed by atoms with Gasteiger partial charge in [-0.2, -0.15) is 0 Å². The second-order valence-electron chi connectivity index (χ2n) is 2.56. The van der Waals surface area contributed by atoms with Crippen LogP contribution in [0.15, 0.2) is 11.8 Å². The molecule has 0 aromatic rings. The molecule has 1 aliphatic rings. The number of hydrogen-bond acceptors (Lipinski definition) is 4. The third kappa shape index (κ3) is 1.76. The van der Waals surface area contributed by atoms with E-state index in [9.17, 15) is 4.79 Å². The molecule has 1 atom stereocenters. The van der Waals surface area contributed by atoms with Crippen molar-refractivity contribution < 1.29 is 14.3 Å². The Bertz CT molecular complexity index is 200. The molecular weight excluding hydrogens is 158 g/mol. The van der Waals surface area contributed by atoms with Crippen LogP contribution in [-0.4, -0.2) is 26.2 Å². The van der Waals surface area contributed by atoms with E-state index in [1.807, 2.05) is 6.08 Å². The fraction of sp³-hybridized carbons (Fsp3) is 0.625. The Labute approximate surface area is 71.3 Å². The monoisotopic (exact) mass is 171 g/mol. The van der Waals surface area contributed by atoms with Crippen molar-refractivity contribution in [1.82, 2.24) is 0 Å². The third-order valence-corrected chi connectivity index (χ3v) is 1.80. The Balaban J connectivity index is 2.60. The molecule has 0 bridgehead atoms. The summed E-state index contributed by atoms with van der Waals surface area (Å²) in [7, 11) is 1.35. The summed E-state index contributed by atoms with van der Waals surface area (Å²) < 4.78 is 9.79. The van der Waals surface area contributed by atoms with Crippen molar-refractivity contribution in [2.24, 2.45) is 11.7 Å². The van der Waals surface area contributed by atoms with Crippen molar-refractivity contribution in [3.05, 3.63) is 11.8 Å². The van der Waals surface area contributed by atoms with Gasteiger partial charge < -0.3 is 15.2 Å². The maximum atomic E-state index is 11.1. The summed E-state index contributed by atoms with van der Waals surface area (Å²) in [5.41, 5.74) is 5.41. The third-order valence-electron chi connectivity index (χ3n) is 1.80. The highest BCUT2D eigenvalue weighted by Crippen LogP contribution is 2.19. The van der Waals surface area contributed by atoms with Crippen molar-refractivity contribution >= 4 is 5.97 Å². The maximum absolute atomic E-state index is 11.1. The summed E-state index contributed by atoms with van der Waals surface area (Å²) in [5.74, 6) is -0.0903. The fourth-order valence-electron chi connectivity index (χ4n) is 1.15. The Morgan fingerprint density at radius 2 is 2.67 bits per heavy atom. The molecule has 1 aliphatic heterocycles. The van der Waals surface area contributed by atoms with Crippen LogP contribution in [0.1, 0.15) is 6.42 Å². The van der Waals surface area contributed by atoms with E-state index in [-0.39, 0.29) is 12.5 Å². The van der Waals surface area contributed by atoms with E-state index < -0.39 is 5.92 Å². The van der Waals surface area contributed by atoms with E-state index in [1.165, 1.54) is 7.11 Å². The Morgan fingerprint density at radius 3 is 3.08 bits per heavy atom. The lowest BCUT2D eigenvalue weighted by atomic mass is 10.1. The van der Waals surface area contributed by atoms with Crippen LogP contribution < -0.4 is 5.73 Å². The van der Waals surface area contributed by atoms with Gasteiger partial charge in [0.2, 0.25) is 0 Å². The molecule has 0 aromatic carbocycles. The van der Waals surface area contributed by atoms with Gasteiger partial charge >= 0.3 is 5.97 Å². The highest BCUT2D eigenvalue weighted by atomic mass is 16.5. The van der Waals surface area contributed by atoms with Gasteiger partial charge in [0.1, 0.15) is 11.7 Å². The standard InChI is InChI=1S/C8H13NO3/c1-11-8(10)6(5-9)7-3-2-4-12-7/h3,6H,2,4-5,9H2,1H3. The van der Waals surface area contributed by atoms with Gasteiger partial charge in [0.15, 0.2) is 0 Å². The first-order valence-corrected chi connectivity index (χ1v) is 3.90. The number of nitrogens with two attached hydrogens (primary N) is 1. The van der Waals surface area contributed by atoms with Crippen LogP contribution >= 0.6 is 0 Å². The summed E-state index contributed by atoms with van der Waals surface area (Å²) in [6.07, 6.45) is 2.73. The number of ether oxygens (including phenoxy) is 2. The molecule has 1 rings (SSSR count). The highest BCUT2D eigenvalue weighted by Gasteiger charge is 2.25. The van der Waals surface area contributed by atoms with Crippen LogP contribution in [0.25, 0.3) is 0 Å². The van der Waals surface area contributed by atoms with Crippen molar-refractivity contribution in [3.63, 3.8) is 0 Å².